The lowest BCUT2D eigenvalue weighted by atomic mass is 10.2. The molecule has 1 N–H and O–H groups in total. The number of amides is 3. The van der Waals surface area contributed by atoms with Gasteiger partial charge in [-0.1, -0.05) is 0 Å². The summed E-state index contributed by atoms with van der Waals surface area (Å²) in [5.74, 6) is 0.0369. The molecule has 1 fully saturated rings. The van der Waals surface area contributed by atoms with E-state index in [0.29, 0.717) is 18.0 Å². The number of alkyl halides is 3. The lowest BCUT2D eigenvalue weighted by Crippen LogP contribution is -2.32. The number of pyridine rings is 1. The molecule has 8 nitrogen and oxygen atoms in total. The molecule has 2 heterocycles. The minimum atomic E-state index is -5.52. The Morgan fingerprint density at radius 3 is 2.35 bits per heavy atom. The Morgan fingerprint density at radius 1 is 1.13 bits per heavy atom. The van der Waals surface area contributed by atoms with E-state index in [0.717, 1.165) is 22.6 Å². The van der Waals surface area contributed by atoms with Crippen molar-refractivity contribution in [3.05, 3.63) is 48.2 Å². The molecule has 3 amide bonds. The third-order valence-electron chi connectivity index (χ3n) is 4.38. The Labute approximate surface area is 176 Å². The van der Waals surface area contributed by atoms with Gasteiger partial charge in [-0.05, 0) is 55.8 Å². The van der Waals surface area contributed by atoms with Gasteiger partial charge in [-0.3, -0.25) is 4.79 Å². The number of benzene rings is 1. The van der Waals surface area contributed by atoms with Crippen LogP contribution in [-0.4, -0.2) is 48.3 Å². The Morgan fingerprint density at radius 2 is 1.77 bits per heavy atom. The fourth-order valence-electron chi connectivity index (χ4n) is 3.00. The maximum absolute atomic E-state index is 12.7. The van der Waals surface area contributed by atoms with Gasteiger partial charge in [0.25, 0.3) is 15.7 Å². The summed E-state index contributed by atoms with van der Waals surface area (Å²) in [7, 11) is -5.52. The number of sulfone groups is 1. The first-order valence-corrected chi connectivity index (χ1v) is 10.6. The molecule has 0 saturated carbocycles. The van der Waals surface area contributed by atoms with Crippen LogP contribution < -0.4 is 10.2 Å². The van der Waals surface area contributed by atoms with Gasteiger partial charge >= 0.3 is 11.5 Å². The summed E-state index contributed by atoms with van der Waals surface area (Å²) in [5, 5.41) is 3.13. The van der Waals surface area contributed by atoms with Crippen LogP contribution in [0, 0.1) is 0 Å². The fraction of sp³-hybridized carbons (Fsp3) is 0.316. The Balaban J connectivity index is 1.78. The standard InChI is InChI=1S/C19H19F3N4O4S/c1-12(2)24-16-9-13(7-8-23-16)10-25-11-17(27)26(18(25)28)14-3-5-15(6-4-14)31(29,30)19(20,21)22/h3-9,12H,10-11H2,1-2H3,(H,23,24). The van der Waals surface area contributed by atoms with Gasteiger partial charge in [0.1, 0.15) is 12.4 Å². The molecular formula is C19H19F3N4O4S. The molecule has 31 heavy (non-hydrogen) atoms. The molecule has 12 heteroatoms. The predicted molar refractivity (Wildman–Crippen MR) is 106 cm³/mol. The molecule has 1 aromatic carbocycles. The molecule has 1 saturated heterocycles. The summed E-state index contributed by atoms with van der Waals surface area (Å²) in [6, 6.07) is 6.36. The summed E-state index contributed by atoms with van der Waals surface area (Å²) >= 11 is 0. The molecule has 1 aliphatic rings. The number of nitrogens with zero attached hydrogens (tertiary/aromatic N) is 3. The zero-order chi connectivity index (χ0) is 23.0. The number of carbonyl (C=O) groups excluding carboxylic acids is 2. The summed E-state index contributed by atoms with van der Waals surface area (Å²) < 4.78 is 61.0. The summed E-state index contributed by atoms with van der Waals surface area (Å²) in [6.45, 7) is 3.79. The van der Waals surface area contributed by atoms with E-state index in [4.69, 9.17) is 0 Å². The highest BCUT2D eigenvalue weighted by Gasteiger charge is 2.47. The number of rotatable bonds is 6. The second kappa shape index (κ2) is 8.17. The van der Waals surface area contributed by atoms with Gasteiger partial charge in [-0.25, -0.2) is 23.1 Å². The molecular weight excluding hydrogens is 437 g/mol. The zero-order valence-electron chi connectivity index (χ0n) is 16.5. The molecule has 0 unspecified atom stereocenters. The first kappa shape index (κ1) is 22.5. The van der Waals surface area contributed by atoms with E-state index in [1.54, 1.807) is 18.3 Å². The van der Waals surface area contributed by atoms with Crippen LogP contribution >= 0.6 is 0 Å². The van der Waals surface area contributed by atoms with Gasteiger partial charge in [0.15, 0.2) is 0 Å². The summed E-state index contributed by atoms with van der Waals surface area (Å²) in [5.41, 5.74) is -4.73. The van der Waals surface area contributed by atoms with Crippen LogP contribution in [0.2, 0.25) is 0 Å². The van der Waals surface area contributed by atoms with Crippen molar-refractivity contribution in [3.63, 3.8) is 0 Å². The van der Waals surface area contributed by atoms with Crippen LogP contribution in [0.1, 0.15) is 19.4 Å². The maximum Gasteiger partial charge on any atom is 0.501 e. The van der Waals surface area contributed by atoms with Crippen molar-refractivity contribution in [2.75, 3.05) is 16.8 Å². The monoisotopic (exact) mass is 456 g/mol. The molecule has 0 spiro atoms. The van der Waals surface area contributed by atoms with Crippen molar-refractivity contribution in [1.82, 2.24) is 9.88 Å². The SMILES string of the molecule is CC(C)Nc1cc(CN2CC(=O)N(c3ccc(S(=O)(=O)C(F)(F)F)cc3)C2=O)ccn1. The molecule has 0 radical (unpaired) electrons. The van der Waals surface area contributed by atoms with Gasteiger partial charge in [-0.15, -0.1) is 0 Å². The number of hydrogen-bond donors (Lipinski definition) is 1. The third-order valence-corrected chi connectivity index (χ3v) is 5.88. The second-order valence-electron chi connectivity index (χ2n) is 7.16. The number of imide groups is 1. The van der Waals surface area contributed by atoms with Crippen molar-refractivity contribution in [1.29, 1.82) is 0 Å². The normalized spacial score (nSPS) is 15.2. The Kier molecular flexibility index (Phi) is 5.94. The van der Waals surface area contributed by atoms with E-state index < -0.39 is 32.2 Å². The van der Waals surface area contributed by atoms with Gasteiger partial charge in [0.05, 0.1) is 10.6 Å². The predicted octanol–water partition coefficient (Wildman–Crippen LogP) is 3.16. The smallest absolute Gasteiger partial charge is 0.368 e. The third kappa shape index (κ3) is 4.63. The summed E-state index contributed by atoms with van der Waals surface area (Å²) in [4.78, 5) is 30.4. The van der Waals surface area contributed by atoms with E-state index >= 15 is 0 Å². The zero-order valence-corrected chi connectivity index (χ0v) is 17.4. The van der Waals surface area contributed by atoms with Gasteiger partial charge < -0.3 is 10.2 Å². The largest absolute Gasteiger partial charge is 0.501 e. The highest BCUT2D eigenvalue weighted by atomic mass is 32.2. The number of halogens is 3. The molecule has 0 atom stereocenters. The van der Waals surface area contributed by atoms with Gasteiger partial charge in [-0.2, -0.15) is 13.2 Å². The van der Waals surface area contributed by atoms with Crippen molar-refractivity contribution in [3.8, 4) is 0 Å². The van der Waals surface area contributed by atoms with Crippen LogP contribution in [-0.2, 0) is 21.2 Å². The average molecular weight is 456 g/mol. The van der Waals surface area contributed by atoms with E-state index in [-0.39, 0.29) is 24.8 Å². The van der Waals surface area contributed by atoms with Crippen LogP contribution in [0.15, 0.2) is 47.5 Å². The minimum Gasteiger partial charge on any atom is -0.368 e. The molecule has 0 bridgehead atoms. The molecule has 166 valence electrons. The number of nitrogens with one attached hydrogen (secondary N) is 1. The van der Waals surface area contributed by atoms with Crippen molar-refractivity contribution in [2.45, 2.75) is 36.8 Å². The Hall–Kier alpha value is -3.15. The van der Waals surface area contributed by atoms with Crippen molar-refractivity contribution >= 4 is 33.3 Å². The number of anilines is 2. The minimum absolute atomic E-state index is 0.0180. The van der Waals surface area contributed by atoms with Crippen LogP contribution in [0.25, 0.3) is 0 Å². The number of carbonyl (C=O) groups is 2. The van der Waals surface area contributed by atoms with Gasteiger partial charge in [0, 0.05) is 18.8 Å². The van der Waals surface area contributed by atoms with Gasteiger partial charge in [0.2, 0.25) is 0 Å². The average Bonchev–Trinajstić information content (AvgIpc) is 2.94. The maximum atomic E-state index is 12.7. The van der Waals surface area contributed by atoms with Crippen molar-refractivity contribution in [2.24, 2.45) is 0 Å². The quantitative estimate of drug-likeness (QED) is 0.671. The van der Waals surface area contributed by atoms with Crippen LogP contribution in [0.5, 0.6) is 0 Å². The molecule has 1 aliphatic heterocycles. The number of urea groups is 1. The lowest BCUT2D eigenvalue weighted by molar-refractivity contribution is -0.116. The molecule has 3 rings (SSSR count). The lowest BCUT2D eigenvalue weighted by Gasteiger charge is -2.18. The van der Waals surface area contributed by atoms with E-state index in [2.05, 4.69) is 10.3 Å². The van der Waals surface area contributed by atoms with Crippen LogP contribution in [0.4, 0.5) is 29.5 Å². The summed E-state index contributed by atoms with van der Waals surface area (Å²) in [6.07, 6.45) is 1.57. The van der Waals surface area contributed by atoms with E-state index in [1.807, 2.05) is 13.8 Å². The van der Waals surface area contributed by atoms with E-state index in [9.17, 15) is 31.2 Å². The highest BCUT2D eigenvalue weighted by molar-refractivity contribution is 7.92. The topological polar surface area (TPSA) is 99.7 Å². The number of hydrogen-bond acceptors (Lipinski definition) is 6. The molecule has 0 aliphatic carbocycles. The Bertz CT molecular complexity index is 1100. The van der Waals surface area contributed by atoms with Crippen molar-refractivity contribution < 1.29 is 31.2 Å². The first-order chi connectivity index (χ1) is 14.4. The highest BCUT2D eigenvalue weighted by Crippen LogP contribution is 2.32. The van der Waals surface area contributed by atoms with Crippen LogP contribution in [0.3, 0.4) is 0 Å². The first-order valence-electron chi connectivity index (χ1n) is 9.15. The number of aromatic nitrogens is 1. The fourth-order valence-corrected chi connectivity index (χ4v) is 3.77. The molecule has 1 aromatic heterocycles. The van der Waals surface area contributed by atoms with E-state index in [1.165, 1.54) is 4.90 Å². The molecule has 2 aromatic rings. The second-order valence-corrected chi connectivity index (χ2v) is 9.10.